The second-order valence-corrected chi connectivity index (χ2v) is 8.43. The van der Waals surface area contributed by atoms with Crippen LogP contribution in [0.5, 0.6) is 11.5 Å². The molecule has 0 aliphatic rings. The van der Waals surface area contributed by atoms with Crippen molar-refractivity contribution in [1.82, 2.24) is 4.98 Å². The molecule has 3 rings (SSSR count). The molecule has 27 heavy (non-hydrogen) atoms. The fraction of sp³-hybridized carbons (Fsp3) is 0.150. The van der Waals surface area contributed by atoms with Crippen molar-refractivity contribution >= 4 is 27.3 Å². The lowest BCUT2D eigenvalue weighted by molar-refractivity contribution is 0.479. The number of nitrogens with zero attached hydrogens (tertiary/aromatic N) is 2. The van der Waals surface area contributed by atoms with Crippen LogP contribution in [0.15, 0.2) is 67.0 Å². The summed E-state index contributed by atoms with van der Waals surface area (Å²) >= 11 is 6.43. The van der Waals surface area contributed by atoms with Crippen molar-refractivity contribution in [3.63, 3.8) is 0 Å². The van der Waals surface area contributed by atoms with Crippen LogP contribution in [0.2, 0.25) is 5.02 Å². The molecule has 0 bridgehead atoms. The van der Waals surface area contributed by atoms with Crippen LogP contribution < -0.4 is 9.04 Å². The van der Waals surface area contributed by atoms with E-state index in [1.54, 1.807) is 30.6 Å². The molecule has 140 valence electrons. The second kappa shape index (κ2) is 7.98. The Morgan fingerprint density at radius 1 is 1.11 bits per heavy atom. The monoisotopic (exact) mass is 402 g/mol. The molecule has 3 aromatic rings. The van der Waals surface area contributed by atoms with E-state index in [0.29, 0.717) is 22.2 Å². The molecule has 1 aromatic heterocycles. The maximum atomic E-state index is 12.4. The lowest BCUT2D eigenvalue weighted by Gasteiger charge is -2.24. The van der Waals surface area contributed by atoms with Gasteiger partial charge in [0, 0.05) is 18.5 Å². The summed E-state index contributed by atoms with van der Waals surface area (Å²) in [5.74, 6) is 1.25. The maximum absolute atomic E-state index is 12.4. The van der Waals surface area contributed by atoms with E-state index in [1.165, 1.54) is 4.31 Å². The van der Waals surface area contributed by atoms with Gasteiger partial charge in [-0.05, 0) is 42.3 Å². The van der Waals surface area contributed by atoms with E-state index in [4.69, 9.17) is 16.3 Å². The first-order valence-corrected chi connectivity index (χ1v) is 10.5. The van der Waals surface area contributed by atoms with Crippen LogP contribution in [0.25, 0.3) is 0 Å². The zero-order valence-electron chi connectivity index (χ0n) is 15.0. The van der Waals surface area contributed by atoms with Gasteiger partial charge in [0.05, 0.1) is 23.5 Å². The van der Waals surface area contributed by atoms with Gasteiger partial charge in [-0.2, -0.15) is 0 Å². The molecule has 0 spiro atoms. The normalized spacial score (nSPS) is 11.2. The fourth-order valence-corrected chi connectivity index (χ4v) is 3.80. The quantitative estimate of drug-likeness (QED) is 0.594. The van der Waals surface area contributed by atoms with Crippen LogP contribution in [-0.4, -0.2) is 19.7 Å². The van der Waals surface area contributed by atoms with Gasteiger partial charge in [-0.15, -0.1) is 0 Å². The molecule has 1 heterocycles. The largest absolute Gasteiger partial charge is 0.457 e. The Balaban J connectivity index is 1.97. The highest BCUT2D eigenvalue weighted by molar-refractivity contribution is 7.92. The number of anilines is 1. The number of pyridine rings is 1. The molecule has 0 atom stereocenters. The Morgan fingerprint density at radius 3 is 2.48 bits per heavy atom. The van der Waals surface area contributed by atoms with Crippen LogP contribution in [0.3, 0.4) is 0 Å². The number of aromatic nitrogens is 1. The first-order valence-electron chi connectivity index (χ1n) is 8.24. The number of rotatable bonds is 6. The van der Waals surface area contributed by atoms with Gasteiger partial charge in [0.2, 0.25) is 10.0 Å². The van der Waals surface area contributed by atoms with Crippen molar-refractivity contribution in [2.75, 3.05) is 10.6 Å². The Kier molecular flexibility index (Phi) is 5.68. The molecule has 0 N–H and O–H groups in total. The summed E-state index contributed by atoms with van der Waals surface area (Å²) in [6.45, 7) is 1.99. The number of ether oxygens (including phenoxy) is 1. The molecule has 0 saturated heterocycles. The van der Waals surface area contributed by atoms with Crippen LogP contribution in [0.4, 0.5) is 5.69 Å². The number of aryl methyl sites for hydroxylation is 1. The van der Waals surface area contributed by atoms with Gasteiger partial charge >= 0.3 is 0 Å². The zero-order valence-corrected chi connectivity index (χ0v) is 16.5. The summed E-state index contributed by atoms with van der Waals surface area (Å²) in [6, 6.07) is 16.3. The number of hydrogen-bond donors (Lipinski definition) is 0. The van der Waals surface area contributed by atoms with Crippen LogP contribution in [0.1, 0.15) is 11.1 Å². The minimum atomic E-state index is -3.55. The Bertz CT molecular complexity index is 1030. The molecular weight excluding hydrogens is 384 g/mol. The number of sulfonamides is 1. The summed E-state index contributed by atoms with van der Waals surface area (Å²) in [5.41, 5.74) is 1.94. The van der Waals surface area contributed by atoms with Gasteiger partial charge in [-0.1, -0.05) is 35.9 Å². The number of para-hydroxylation sites is 1. The summed E-state index contributed by atoms with van der Waals surface area (Å²) < 4.78 is 31.9. The summed E-state index contributed by atoms with van der Waals surface area (Å²) in [6.07, 6.45) is 4.43. The average molecular weight is 403 g/mol. The van der Waals surface area contributed by atoms with E-state index in [9.17, 15) is 8.42 Å². The topological polar surface area (TPSA) is 59.5 Å². The third-order valence-corrected chi connectivity index (χ3v) is 5.36. The summed E-state index contributed by atoms with van der Waals surface area (Å²) in [7, 11) is -3.55. The molecule has 0 unspecified atom stereocenters. The first kappa shape index (κ1) is 19.2. The van der Waals surface area contributed by atoms with E-state index in [-0.39, 0.29) is 6.54 Å². The molecule has 0 radical (unpaired) electrons. The molecule has 2 aromatic carbocycles. The maximum Gasteiger partial charge on any atom is 0.232 e. The summed E-state index contributed by atoms with van der Waals surface area (Å²) in [5, 5.41) is 0.292. The SMILES string of the molecule is Cc1cc(N(Cc2cccnc2)S(C)(=O)=O)c(Cl)cc1Oc1ccccc1. The number of benzene rings is 2. The molecule has 0 aliphatic carbocycles. The van der Waals surface area contributed by atoms with Crippen LogP contribution in [0, 0.1) is 6.92 Å². The minimum absolute atomic E-state index is 0.144. The summed E-state index contributed by atoms with van der Waals surface area (Å²) in [4.78, 5) is 4.04. The number of halogens is 1. The van der Waals surface area contributed by atoms with Gasteiger partial charge in [0.1, 0.15) is 11.5 Å². The molecule has 0 amide bonds. The van der Waals surface area contributed by atoms with Gasteiger partial charge in [0.15, 0.2) is 0 Å². The van der Waals surface area contributed by atoms with Crippen molar-refractivity contribution < 1.29 is 13.2 Å². The van der Waals surface area contributed by atoms with E-state index in [0.717, 1.165) is 17.4 Å². The number of hydrogen-bond acceptors (Lipinski definition) is 4. The second-order valence-electron chi connectivity index (χ2n) is 6.12. The van der Waals surface area contributed by atoms with Gasteiger partial charge in [-0.25, -0.2) is 8.42 Å². The third-order valence-electron chi connectivity index (χ3n) is 3.93. The van der Waals surface area contributed by atoms with Crippen molar-refractivity contribution in [3.05, 3.63) is 83.1 Å². The van der Waals surface area contributed by atoms with Gasteiger partial charge in [-0.3, -0.25) is 9.29 Å². The highest BCUT2D eigenvalue weighted by Crippen LogP contribution is 2.36. The van der Waals surface area contributed by atoms with Gasteiger partial charge < -0.3 is 4.74 Å². The Labute approximate surface area is 164 Å². The van der Waals surface area contributed by atoms with Crippen molar-refractivity contribution in [2.24, 2.45) is 0 Å². The smallest absolute Gasteiger partial charge is 0.232 e. The first-order chi connectivity index (χ1) is 12.8. The van der Waals surface area contributed by atoms with E-state index in [1.807, 2.05) is 43.3 Å². The average Bonchev–Trinajstić information content (AvgIpc) is 2.64. The molecule has 0 saturated carbocycles. The molecule has 5 nitrogen and oxygen atoms in total. The Hall–Kier alpha value is -2.57. The highest BCUT2D eigenvalue weighted by Gasteiger charge is 2.22. The van der Waals surface area contributed by atoms with Crippen LogP contribution >= 0.6 is 11.6 Å². The predicted octanol–water partition coefficient (Wildman–Crippen LogP) is 4.80. The lowest BCUT2D eigenvalue weighted by atomic mass is 10.2. The van der Waals surface area contributed by atoms with Gasteiger partial charge in [0.25, 0.3) is 0 Å². The molecule has 0 fully saturated rings. The third kappa shape index (κ3) is 4.78. The fourth-order valence-electron chi connectivity index (χ4n) is 2.60. The highest BCUT2D eigenvalue weighted by atomic mass is 35.5. The van der Waals surface area contributed by atoms with Crippen molar-refractivity contribution in [3.8, 4) is 11.5 Å². The van der Waals surface area contributed by atoms with E-state index in [2.05, 4.69) is 4.98 Å². The van der Waals surface area contributed by atoms with Crippen molar-refractivity contribution in [1.29, 1.82) is 0 Å². The minimum Gasteiger partial charge on any atom is -0.457 e. The molecular formula is C20H19ClN2O3S. The molecule has 7 heteroatoms. The zero-order chi connectivity index (χ0) is 19.4. The Morgan fingerprint density at radius 2 is 1.85 bits per heavy atom. The molecule has 0 aliphatic heterocycles. The van der Waals surface area contributed by atoms with E-state index >= 15 is 0 Å². The van der Waals surface area contributed by atoms with Crippen molar-refractivity contribution in [2.45, 2.75) is 13.5 Å². The standard InChI is InChI=1S/C20H19ClN2O3S/c1-15-11-19(18(21)12-20(15)26-17-8-4-3-5-9-17)23(27(2,24)25)14-16-7-6-10-22-13-16/h3-13H,14H2,1-2H3. The van der Waals surface area contributed by atoms with E-state index < -0.39 is 10.0 Å². The lowest BCUT2D eigenvalue weighted by Crippen LogP contribution is -2.29. The van der Waals surface area contributed by atoms with Crippen LogP contribution in [-0.2, 0) is 16.6 Å². The predicted molar refractivity (Wildman–Crippen MR) is 108 cm³/mol.